The van der Waals surface area contributed by atoms with E-state index in [1.807, 2.05) is 0 Å². The Hall–Kier alpha value is -2.21. The fourth-order valence-electron chi connectivity index (χ4n) is 4.01. The summed E-state index contributed by atoms with van der Waals surface area (Å²) in [6, 6.07) is 6.59. The van der Waals surface area contributed by atoms with Crippen LogP contribution in [0.5, 0.6) is 5.75 Å². The van der Waals surface area contributed by atoms with Gasteiger partial charge >= 0.3 is 0 Å². The molecule has 0 bridgehead atoms. The highest BCUT2D eigenvalue weighted by molar-refractivity contribution is 5.24. The molecule has 2 aliphatic rings. The maximum absolute atomic E-state index is 13.7. The second-order valence-corrected chi connectivity index (χ2v) is 7.22. The Morgan fingerprint density at radius 2 is 2.04 bits per heavy atom. The van der Waals surface area contributed by atoms with Crippen molar-refractivity contribution in [1.29, 1.82) is 0 Å². The SMILES string of the molecule is O=c1[nH]ccnc1CN1CCC2(CC1)CC(Oc1ccccc1F)C2. The average Bonchev–Trinajstić information content (AvgIpc) is 2.59. The van der Waals surface area contributed by atoms with Crippen LogP contribution in [0, 0.1) is 11.2 Å². The molecular formula is C19H22FN3O2. The summed E-state index contributed by atoms with van der Waals surface area (Å²) < 4.78 is 19.5. The minimum Gasteiger partial charge on any atom is -0.487 e. The van der Waals surface area contributed by atoms with E-state index in [-0.39, 0.29) is 17.5 Å². The molecule has 0 atom stereocenters. The highest BCUT2D eigenvalue weighted by Crippen LogP contribution is 2.50. The minimum atomic E-state index is -0.293. The molecule has 1 N–H and O–H groups in total. The van der Waals surface area contributed by atoms with Crippen molar-refractivity contribution in [2.45, 2.75) is 38.3 Å². The van der Waals surface area contributed by atoms with Gasteiger partial charge in [0.2, 0.25) is 0 Å². The predicted octanol–water partition coefficient (Wildman–Crippen LogP) is 2.73. The summed E-state index contributed by atoms with van der Waals surface area (Å²) >= 11 is 0. The van der Waals surface area contributed by atoms with Gasteiger partial charge < -0.3 is 9.72 Å². The fourth-order valence-corrected chi connectivity index (χ4v) is 4.01. The Morgan fingerprint density at radius 1 is 1.28 bits per heavy atom. The number of H-pyrrole nitrogens is 1. The van der Waals surface area contributed by atoms with E-state index in [2.05, 4.69) is 14.9 Å². The number of halogens is 1. The van der Waals surface area contributed by atoms with Gasteiger partial charge in [-0.3, -0.25) is 14.7 Å². The van der Waals surface area contributed by atoms with Gasteiger partial charge in [-0.05, 0) is 56.3 Å². The molecular weight excluding hydrogens is 321 g/mol. The van der Waals surface area contributed by atoms with Crippen LogP contribution in [-0.2, 0) is 6.54 Å². The monoisotopic (exact) mass is 343 g/mol. The number of benzene rings is 1. The van der Waals surface area contributed by atoms with Gasteiger partial charge in [-0.1, -0.05) is 12.1 Å². The van der Waals surface area contributed by atoms with Crippen molar-refractivity contribution < 1.29 is 9.13 Å². The van der Waals surface area contributed by atoms with Crippen molar-refractivity contribution in [1.82, 2.24) is 14.9 Å². The molecule has 0 radical (unpaired) electrons. The number of para-hydroxylation sites is 1. The number of rotatable bonds is 4. The molecule has 6 heteroatoms. The molecule has 0 amide bonds. The van der Waals surface area contributed by atoms with Crippen LogP contribution in [0.3, 0.4) is 0 Å². The Bertz CT molecular complexity index is 791. The Morgan fingerprint density at radius 3 is 2.76 bits per heavy atom. The maximum Gasteiger partial charge on any atom is 0.270 e. The quantitative estimate of drug-likeness (QED) is 0.927. The van der Waals surface area contributed by atoms with Crippen molar-refractivity contribution in [3.63, 3.8) is 0 Å². The molecule has 4 rings (SSSR count). The van der Waals surface area contributed by atoms with Crippen molar-refractivity contribution >= 4 is 0 Å². The molecule has 2 fully saturated rings. The number of hydrogen-bond acceptors (Lipinski definition) is 4. The molecule has 5 nitrogen and oxygen atoms in total. The second kappa shape index (κ2) is 6.59. The molecule has 1 saturated heterocycles. The first-order valence-corrected chi connectivity index (χ1v) is 8.80. The highest BCUT2D eigenvalue weighted by atomic mass is 19.1. The molecule has 132 valence electrons. The second-order valence-electron chi connectivity index (χ2n) is 7.22. The number of aromatic nitrogens is 2. The number of aromatic amines is 1. The molecule has 0 unspecified atom stereocenters. The van der Waals surface area contributed by atoms with E-state index in [0.29, 0.717) is 23.4 Å². The lowest BCUT2D eigenvalue weighted by Crippen LogP contribution is -2.51. The zero-order chi connectivity index (χ0) is 17.3. The normalized spacial score (nSPS) is 20.4. The van der Waals surface area contributed by atoms with Crippen molar-refractivity contribution in [3.8, 4) is 5.75 Å². The zero-order valence-electron chi connectivity index (χ0n) is 14.1. The predicted molar refractivity (Wildman–Crippen MR) is 91.9 cm³/mol. The van der Waals surface area contributed by atoms with Crippen LogP contribution in [0.25, 0.3) is 0 Å². The lowest BCUT2D eigenvalue weighted by atomic mass is 9.61. The Labute approximate surface area is 145 Å². The zero-order valence-corrected chi connectivity index (χ0v) is 14.1. The third kappa shape index (κ3) is 3.44. The smallest absolute Gasteiger partial charge is 0.270 e. The van der Waals surface area contributed by atoms with Crippen LogP contribution in [0.1, 0.15) is 31.4 Å². The van der Waals surface area contributed by atoms with Crippen LogP contribution in [0.2, 0.25) is 0 Å². The maximum atomic E-state index is 13.7. The van der Waals surface area contributed by atoms with Gasteiger partial charge in [-0.25, -0.2) is 4.39 Å². The van der Waals surface area contributed by atoms with Crippen LogP contribution in [-0.4, -0.2) is 34.1 Å². The summed E-state index contributed by atoms with van der Waals surface area (Å²) in [4.78, 5) is 20.9. The van der Waals surface area contributed by atoms with Gasteiger partial charge in [0.25, 0.3) is 5.56 Å². The third-order valence-corrected chi connectivity index (χ3v) is 5.52. The summed E-state index contributed by atoms with van der Waals surface area (Å²) in [5.41, 5.74) is 0.792. The first-order chi connectivity index (χ1) is 12.1. The minimum absolute atomic E-state index is 0.107. The van der Waals surface area contributed by atoms with Crippen LogP contribution in [0.15, 0.2) is 41.5 Å². The van der Waals surface area contributed by atoms with E-state index < -0.39 is 0 Å². The standard InChI is InChI=1S/C19H22FN3O2/c20-15-3-1-2-4-17(15)25-14-11-19(12-14)5-9-23(10-6-19)13-16-18(24)22-8-7-21-16/h1-4,7-8,14H,5-6,9-13H2,(H,22,24). The first kappa shape index (κ1) is 16.3. The molecule has 25 heavy (non-hydrogen) atoms. The molecule has 1 spiro atoms. The molecule has 2 heterocycles. The van der Waals surface area contributed by atoms with Crippen molar-refractivity contribution in [2.24, 2.45) is 5.41 Å². The Kier molecular flexibility index (Phi) is 4.29. The van der Waals surface area contributed by atoms with E-state index in [1.165, 1.54) is 6.07 Å². The van der Waals surface area contributed by atoms with Gasteiger partial charge in [0.05, 0.1) is 6.10 Å². The molecule has 1 saturated carbocycles. The first-order valence-electron chi connectivity index (χ1n) is 8.80. The van der Waals surface area contributed by atoms with Gasteiger partial charge in [0, 0.05) is 18.9 Å². The largest absolute Gasteiger partial charge is 0.487 e. The highest BCUT2D eigenvalue weighted by Gasteiger charge is 2.47. The number of nitrogens with one attached hydrogen (secondary N) is 1. The van der Waals surface area contributed by atoms with Gasteiger partial charge in [0.15, 0.2) is 11.6 Å². The molecule has 1 aromatic carbocycles. The lowest BCUT2D eigenvalue weighted by Gasteiger charge is -2.51. The number of ether oxygens (including phenoxy) is 1. The number of likely N-dealkylation sites (tertiary alicyclic amines) is 1. The summed E-state index contributed by atoms with van der Waals surface area (Å²) in [6.07, 6.45) is 7.45. The van der Waals surface area contributed by atoms with Crippen LogP contribution >= 0.6 is 0 Å². The van der Waals surface area contributed by atoms with E-state index in [4.69, 9.17) is 4.74 Å². The molecule has 1 aliphatic carbocycles. The van der Waals surface area contributed by atoms with Gasteiger partial charge in [0.1, 0.15) is 5.69 Å². The van der Waals surface area contributed by atoms with Gasteiger partial charge in [-0.15, -0.1) is 0 Å². The van der Waals surface area contributed by atoms with Crippen molar-refractivity contribution in [2.75, 3.05) is 13.1 Å². The van der Waals surface area contributed by atoms with Crippen LogP contribution in [0.4, 0.5) is 4.39 Å². The number of nitrogens with zero attached hydrogens (tertiary/aromatic N) is 2. The molecule has 2 aromatic rings. The summed E-state index contributed by atoms with van der Waals surface area (Å²) in [5, 5.41) is 0. The van der Waals surface area contributed by atoms with E-state index in [9.17, 15) is 9.18 Å². The van der Waals surface area contributed by atoms with E-state index in [0.717, 1.165) is 38.8 Å². The topological polar surface area (TPSA) is 58.2 Å². The average molecular weight is 343 g/mol. The third-order valence-electron chi connectivity index (χ3n) is 5.52. The lowest BCUT2D eigenvalue weighted by molar-refractivity contribution is -0.0578. The van der Waals surface area contributed by atoms with Crippen LogP contribution < -0.4 is 10.3 Å². The number of piperidine rings is 1. The molecule has 1 aromatic heterocycles. The summed E-state index contributed by atoms with van der Waals surface area (Å²) in [7, 11) is 0. The van der Waals surface area contributed by atoms with Crippen molar-refractivity contribution in [3.05, 3.63) is 58.5 Å². The number of hydrogen-bond donors (Lipinski definition) is 1. The summed E-state index contributed by atoms with van der Waals surface area (Å²) in [5.74, 6) is 0.0630. The van der Waals surface area contributed by atoms with E-state index in [1.54, 1.807) is 30.6 Å². The van der Waals surface area contributed by atoms with E-state index >= 15 is 0 Å². The molecule has 1 aliphatic heterocycles. The Balaban J connectivity index is 1.28. The van der Waals surface area contributed by atoms with Gasteiger partial charge in [-0.2, -0.15) is 0 Å². The fraction of sp³-hybridized carbons (Fsp3) is 0.474. The summed E-state index contributed by atoms with van der Waals surface area (Å²) in [6.45, 7) is 2.52.